The number of anilines is 1. The zero-order valence-electron chi connectivity index (χ0n) is 20.5. The number of benzene rings is 3. The number of rotatable bonds is 9. The van der Waals surface area contributed by atoms with Crippen molar-refractivity contribution in [3.63, 3.8) is 0 Å². The predicted octanol–water partition coefficient (Wildman–Crippen LogP) is 4.85. The smallest absolute Gasteiger partial charge is 0.241 e. The fourth-order valence-corrected chi connectivity index (χ4v) is 5.47. The summed E-state index contributed by atoms with van der Waals surface area (Å²) in [4.78, 5) is 29.1. The molecule has 6 nitrogen and oxygen atoms in total. The summed E-state index contributed by atoms with van der Waals surface area (Å²) in [5, 5.41) is 2.34. The Morgan fingerprint density at radius 2 is 1.78 bits per heavy atom. The lowest BCUT2D eigenvalue weighted by molar-refractivity contribution is -0.128. The van der Waals surface area contributed by atoms with E-state index in [1.807, 2.05) is 42.5 Å². The Hall–Kier alpha value is -3.52. The second-order valence-electron chi connectivity index (χ2n) is 8.54. The van der Waals surface area contributed by atoms with Gasteiger partial charge in [-0.05, 0) is 42.3 Å². The van der Waals surface area contributed by atoms with E-state index in [1.165, 1.54) is 17.8 Å². The van der Waals surface area contributed by atoms with Gasteiger partial charge >= 0.3 is 0 Å². The van der Waals surface area contributed by atoms with Crippen LogP contribution in [0.4, 0.5) is 10.1 Å². The van der Waals surface area contributed by atoms with Gasteiger partial charge in [0.2, 0.25) is 11.8 Å². The molecular weight excluding hydrogens is 479 g/mol. The first-order valence-corrected chi connectivity index (χ1v) is 12.6. The van der Waals surface area contributed by atoms with Crippen LogP contribution in [-0.4, -0.2) is 37.8 Å². The van der Waals surface area contributed by atoms with Gasteiger partial charge in [-0.1, -0.05) is 43.3 Å². The molecule has 3 aromatic carbocycles. The third-order valence-corrected chi connectivity index (χ3v) is 7.70. The van der Waals surface area contributed by atoms with Crippen molar-refractivity contribution in [2.24, 2.45) is 5.92 Å². The van der Waals surface area contributed by atoms with E-state index in [-0.39, 0.29) is 24.2 Å². The number of para-hydroxylation sites is 1. The van der Waals surface area contributed by atoms with E-state index in [2.05, 4.69) is 5.32 Å². The Bertz CT molecular complexity index is 1250. The van der Waals surface area contributed by atoms with Gasteiger partial charge in [0.15, 0.2) is 11.5 Å². The van der Waals surface area contributed by atoms with Crippen LogP contribution < -0.4 is 19.7 Å². The van der Waals surface area contributed by atoms with Crippen LogP contribution in [-0.2, 0) is 22.6 Å². The van der Waals surface area contributed by atoms with E-state index >= 15 is 0 Å². The number of amides is 2. The second kappa shape index (κ2) is 11.5. The van der Waals surface area contributed by atoms with E-state index in [9.17, 15) is 14.0 Å². The second-order valence-corrected chi connectivity index (χ2v) is 9.72. The van der Waals surface area contributed by atoms with E-state index in [4.69, 9.17) is 9.47 Å². The zero-order valence-corrected chi connectivity index (χ0v) is 21.3. The van der Waals surface area contributed by atoms with Crippen molar-refractivity contribution in [1.82, 2.24) is 5.32 Å². The standard InChI is InChI=1S/C28H29FN2O4S/c1-18(27(32)30-15-14-19-12-13-23(34-2)24(16-19)35-3)26-28(33)31(17-20-8-4-5-9-21(20)29)22-10-6-7-11-25(22)36-26/h4-13,16,18,26H,14-15,17H2,1-3H3,(H,30,32)/t18-,26+/m1/s1. The minimum Gasteiger partial charge on any atom is -0.493 e. The van der Waals surface area contributed by atoms with Gasteiger partial charge in [-0.15, -0.1) is 11.8 Å². The van der Waals surface area contributed by atoms with Crippen LogP contribution in [0.25, 0.3) is 0 Å². The number of hydrogen-bond acceptors (Lipinski definition) is 5. The SMILES string of the molecule is COc1ccc(CCNC(=O)[C@H](C)[C@@H]2Sc3ccccc3N(Cc3ccccc3F)C2=O)cc1OC. The molecule has 0 unspecified atom stereocenters. The summed E-state index contributed by atoms with van der Waals surface area (Å²) >= 11 is 1.38. The first kappa shape index (κ1) is 25.6. The summed E-state index contributed by atoms with van der Waals surface area (Å²) in [5.74, 6) is -0.0709. The predicted molar refractivity (Wildman–Crippen MR) is 139 cm³/mol. The summed E-state index contributed by atoms with van der Waals surface area (Å²) in [6.07, 6.45) is 0.604. The van der Waals surface area contributed by atoms with Crippen LogP contribution in [0.1, 0.15) is 18.1 Å². The number of carbonyl (C=O) groups is 2. The Morgan fingerprint density at radius 3 is 2.53 bits per heavy atom. The van der Waals surface area contributed by atoms with Crippen molar-refractivity contribution in [2.75, 3.05) is 25.7 Å². The van der Waals surface area contributed by atoms with Gasteiger partial charge in [-0.3, -0.25) is 9.59 Å². The number of nitrogens with zero attached hydrogens (tertiary/aromatic N) is 1. The van der Waals surface area contributed by atoms with E-state index in [1.54, 1.807) is 44.2 Å². The van der Waals surface area contributed by atoms with E-state index < -0.39 is 11.2 Å². The summed E-state index contributed by atoms with van der Waals surface area (Å²) in [7, 11) is 3.16. The Labute approximate surface area is 214 Å². The first-order valence-electron chi connectivity index (χ1n) is 11.7. The number of fused-ring (bicyclic) bond motifs is 1. The molecule has 0 fully saturated rings. The maximum atomic E-state index is 14.4. The van der Waals surface area contributed by atoms with Crippen LogP contribution in [0.5, 0.6) is 11.5 Å². The minimum atomic E-state index is -0.618. The molecule has 0 saturated heterocycles. The van der Waals surface area contributed by atoms with Gasteiger partial charge in [-0.25, -0.2) is 4.39 Å². The first-order chi connectivity index (χ1) is 17.4. The van der Waals surface area contributed by atoms with Gasteiger partial charge in [0.05, 0.1) is 32.4 Å². The van der Waals surface area contributed by atoms with E-state index in [0.717, 1.165) is 16.1 Å². The number of thioether (sulfide) groups is 1. The molecule has 1 N–H and O–H groups in total. The minimum absolute atomic E-state index is 0.104. The molecule has 4 rings (SSSR count). The number of carbonyl (C=O) groups excluding carboxylic acids is 2. The highest BCUT2D eigenvalue weighted by atomic mass is 32.2. The van der Waals surface area contributed by atoms with Crippen LogP contribution in [0, 0.1) is 11.7 Å². The highest BCUT2D eigenvalue weighted by Crippen LogP contribution is 2.42. The zero-order chi connectivity index (χ0) is 25.7. The normalized spacial score (nSPS) is 15.7. The third-order valence-electron chi connectivity index (χ3n) is 6.23. The Balaban J connectivity index is 1.45. The molecule has 8 heteroatoms. The molecule has 0 aromatic heterocycles. The highest BCUT2D eigenvalue weighted by Gasteiger charge is 2.39. The lowest BCUT2D eigenvalue weighted by Gasteiger charge is -2.35. The molecule has 188 valence electrons. The quantitative estimate of drug-likeness (QED) is 0.448. The van der Waals surface area contributed by atoms with Crippen molar-refractivity contribution >= 4 is 29.3 Å². The molecule has 1 heterocycles. The fourth-order valence-electron chi connectivity index (χ4n) is 4.18. The number of nitrogens with one attached hydrogen (secondary N) is 1. The molecule has 36 heavy (non-hydrogen) atoms. The molecule has 3 aromatic rings. The van der Waals surface area contributed by atoms with Crippen molar-refractivity contribution in [3.05, 3.63) is 83.7 Å². The number of halogens is 1. The lowest BCUT2D eigenvalue weighted by Crippen LogP contribution is -2.47. The Kier molecular flexibility index (Phi) is 8.15. The molecule has 0 saturated carbocycles. The maximum absolute atomic E-state index is 14.4. The fraction of sp³-hybridized carbons (Fsp3) is 0.286. The van der Waals surface area contributed by atoms with E-state index in [0.29, 0.717) is 30.0 Å². The van der Waals surface area contributed by atoms with Gasteiger partial charge in [-0.2, -0.15) is 0 Å². The molecule has 0 aliphatic carbocycles. The van der Waals surface area contributed by atoms with Gasteiger partial charge < -0.3 is 19.7 Å². The summed E-state index contributed by atoms with van der Waals surface area (Å²) < 4.78 is 25.0. The number of methoxy groups -OCH3 is 2. The molecular formula is C28H29FN2O4S. The molecule has 0 spiro atoms. The molecule has 2 amide bonds. The van der Waals surface area contributed by atoms with Crippen LogP contribution in [0.3, 0.4) is 0 Å². The van der Waals surface area contributed by atoms with Crippen LogP contribution >= 0.6 is 11.8 Å². The van der Waals surface area contributed by atoms with Gasteiger partial charge in [0.1, 0.15) is 11.1 Å². The molecule has 1 aliphatic rings. The lowest BCUT2D eigenvalue weighted by atomic mass is 10.0. The topological polar surface area (TPSA) is 67.9 Å². The molecule has 1 aliphatic heterocycles. The summed E-state index contributed by atoms with van der Waals surface area (Å²) in [5.41, 5.74) is 2.15. The van der Waals surface area contributed by atoms with Crippen LogP contribution in [0.15, 0.2) is 71.6 Å². The maximum Gasteiger partial charge on any atom is 0.241 e. The van der Waals surface area contributed by atoms with Crippen LogP contribution in [0.2, 0.25) is 0 Å². The van der Waals surface area contributed by atoms with Gasteiger partial charge in [0, 0.05) is 17.0 Å². The largest absolute Gasteiger partial charge is 0.493 e. The summed E-state index contributed by atoms with van der Waals surface area (Å²) in [6.45, 7) is 2.28. The third kappa shape index (κ3) is 5.49. The molecule has 2 atom stereocenters. The Morgan fingerprint density at radius 1 is 1.06 bits per heavy atom. The number of hydrogen-bond donors (Lipinski definition) is 1. The van der Waals surface area contributed by atoms with Crippen molar-refractivity contribution in [3.8, 4) is 11.5 Å². The van der Waals surface area contributed by atoms with Crippen molar-refractivity contribution in [1.29, 1.82) is 0 Å². The van der Waals surface area contributed by atoms with Crippen molar-refractivity contribution < 1.29 is 23.5 Å². The molecule has 0 radical (unpaired) electrons. The van der Waals surface area contributed by atoms with Gasteiger partial charge in [0.25, 0.3) is 0 Å². The average molecular weight is 509 g/mol. The molecule has 0 bridgehead atoms. The number of ether oxygens (including phenoxy) is 2. The average Bonchev–Trinajstić information content (AvgIpc) is 2.90. The monoisotopic (exact) mass is 508 g/mol. The highest BCUT2D eigenvalue weighted by molar-refractivity contribution is 8.01. The summed E-state index contributed by atoms with van der Waals surface area (Å²) in [6, 6.07) is 19.6. The van der Waals surface area contributed by atoms with Crippen molar-refractivity contribution in [2.45, 2.75) is 30.0 Å².